The highest BCUT2D eigenvalue weighted by Gasteiger charge is 2.48. The van der Waals surface area contributed by atoms with E-state index in [2.05, 4.69) is 6.92 Å². The SMILES string of the molecule is CC(C)OC1CCN2C(=O)OCC2(C)C1. The highest BCUT2D eigenvalue weighted by molar-refractivity contribution is 5.71. The van der Waals surface area contributed by atoms with E-state index < -0.39 is 0 Å². The lowest BCUT2D eigenvalue weighted by Crippen LogP contribution is -2.52. The van der Waals surface area contributed by atoms with Crippen LogP contribution in [0, 0.1) is 0 Å². The molecule has 0 N–H and O–H groups in total. The molecular formula is C11H19NO3. The Balaban J connectivity index is 2.01. The second-order valence-electron chi connectivity index (χ2n) is 5.00. The van der Waals surface area contributed by atoms with Gasteiger partial charge in [-0.15, -0.1) is 0 Å². The van der Waals surface area contributed by atoms with Crippen LogP contribution < -0.4 is 0 Å². The molecule has 2 rings (SSSR count). The third-order valence-corrected chi connectivity index (χ3v) is 3.19. The van der Waals surface area contributed by atoms with Gasteiger partial charge in [-0.25, -0.2) is 4.79 Å². The summed E-state index contributed by atoms with van der Waals surface area (Å²) in [6.45, 7) is 7.43. The molecule has 0 radical (unpaired) electrons. The Morgan fingerprint density at radius 2 is 2.33 bits per heavy atom. The van der Waals surface area contributed by atoms with Gasteiger partial charge in [0.25, 0.3) is 0 Å². The van der Waals surface area contributed by atoms with E-state index in [4.69, 9.17) is 9.47 Å². The number of nitrogens with zero attached hydrogens (tertiary/aromatic N) is 1. The lowest BCUT2D eigenvalue weighted by Gasteiger charge is -2.40. The summed E-state index contributed by atoms with van der Waals surface area (Å²) in [5.41, 5.74) is -0.144. The highest BCUT2D eigenvalue weighted by Crippen LogP contribution is 2.34. The molecule has 2 aliphatic rings. The number of hydrogen-bond acceptors (Lipinski definition) is 3. The Labute approximate surface area is 90.5 Å². The molecule has 0 aromatic rings. The van der Waals surface area contributed by atoms with E-state index in [-0.39, 0.29) is 23.8 Å². The quantitative estimate of drug-likeness (QED) is 0.702. The van der Waals surface area contributed by atoms with Gasteiger partial charge in [0, 0.05) is 13.0 Å². The number of fused-ring (bicyclic) bond motifs is 1. The van der Waals surface area contributed by atoms with Gasteiger partial charge < -0.3 is 9.47 Å². The number of cyclic esters (lactones) is 1. The maximum absolute atomic E-state index is 11.4. The largest absolute Gasteiger partial charge is 0.447 e. The van der Waals surface area contributed by atoms with Gasteiger partial charge in [-0.1, -0.05) is 0 Å². The predicted molar refractivity (Wildman–Crippen MR) is 55.7 cm³/mol. The molecule has 2 aliphatic heterocycles. The second-order valence-corrected chi connectivity index (χ2v) is 5.00. The second kappa shape index (κ2) is 3.67. The predicted octanol–water partition coefficient (Wildman–Crippen LogP) is 1.78. The Hall–Kier alpha value is -0.770. The molecule has 0 aromatic carbocycles. The number of ether oxygens (including phenoxy) is 2. The van der Waals surface area contributed by atoms with Gasteiger partial charge in [-0.3, -0.25) is 4.90 Å². The Morgan fingerprint density at radius 3 is 3.00 bits per heavy atom. The van der Waals surface area contributed by atoms with E-state index in [0.29, 0.717) is 6.61 Å². The summed E-state index contributed by atoms with van der Waals surface area (Å²) in [5.74, 6) is 0. The van der Waals surface area contributed by atoms with Gasteiger partial charge in [0.1, 0.15) is 6.61 Å². The van der Waals surface area contributed by atoms with Crippen LogP contribution in [0.4, 0.5) is 4.79 Å². The van der Waals surface area contributed by atoms with Gasteiger partial charge in [-0.05, 0) is 27.2 Å². The number of rotatable bonds is 2. The van der Waals surface area contributed by atoms with Crippen LogP contribution in [0.2, 0.25) is 0 Å². The smallest absolute Gasteiger partial charge is 0.410 e. The average molecular weight is 213 g/mol. The molecule has 2 saturated heterocycles. The van der Waals surface area contributed by atoms with Crippen molar-refractivity contribution in [2.24, 2.45) is 0 Å². The molecule has 2 fully saturated rings. The van der Waals surface area contributed by atoms with Crippen LogP contribution in [0.5, 0.6) is 0 Å². The fourth-order valence-electron chi connectivity index (χ4n) is 2.49. The van der Waals surface area contributed by atoms with Crippen molar-refractivity contribution in [2.45, 2.75) is 51.4 Å². The summed E-state index contributed by atoms with van der Waals surface area (Å²) >= 11 is 0. The molecule has 1 amide bonds. The van der Waals surface area contributed by atoms with Crippen LogP contribution in [0.25, 0.3) is 0 Å². The van der Waals surface area contributed by atoms with Crippen molar-refractivity contribution in [3.8, 4) is 0 Å². The number of carbonyl (C=O) groups is 1. The molecule has 2 heterocycles. The molecule has 0 spiro atoms. The van der Waals surface area contributed by atoms with Crippen LogP contribution in [-0.4, -0.2) is 41.9 Å². The van der Waals surface area contributed by atoms with E-state index >= 15 is 0 Å². The molecule has 0 bridgehead atoms. The molecule has 15 heavy (non-hydrogen) atoms. The number of piperidine rings is 1. The lowest BCUT2D eigenvalue weighted by molar-refractivity contribution is -0.0498. The van der Waals surface area contributed by atoms with E-state index in [1.807, 2.05) is 18.7 Å². The fourth-order valence-corrected chi connectivity index (χ4v) is 2.49. The monoisotopic (exact) mass is 213 g/mol. The molecular weight excluding hydrogens is 194 g/mol. The van der Waals surface area contributed by atoms with E-state index in [1.165, 1.54) is 0 Å². The first kappa shape index (κ1) is 10.7. The normalized spacial score (nSPS) is 35.6. The number of hydrogen-bond donors (Lipinski definition) is 0. The van der Waals surface area contributed by atoms with Crippen LogP contribution in [0.15, 0.2) is 0 Å². The van der Waals surface area contributed by atoms with Crippen molar-refractivity contribution in [1.29, 1.82) is 0 Å². The molecule has 4 nitrogen and oxygen atoms in total. The number of carbonyl (C=O) groups excluding carboxylic acids is 1. The van der Waals surface area contributed by atoms with Gasteiger partial charge in [-0.2, -0.15) is 0 Å². The standard InChI is InChI=1S/C11H19NO3/c1-8(2)15-9-4-5-12-10(13)14-7-11(12,3)6-9/h8-9H,4-7H2,1-3H3. The maximum Gasteiger partial charge on any atom is 0.410 e. The molecule has 0 aliphatic carbocycles. The first-order valence-corrected chi connectivity index (χ1v) is 5.61. The summed E-state index contributed by atoms with van der Waals surface area (Å²) in [4.78, 5) is 13.2. The van der Waals surface area contributed by atoms with Crippen molar-refractivity contribution in [2.75, 3.05) is 13.2 Å². The molecule has 2 atom stereocenters. The van der Waals surface area contributed by atoms with Gasteiger partial charge in [0.2, 0.25) is 0 Å². The third kappa shape index (κ3) is 1.95. The Morgan fingerprint density at radius 1 is 1.60 bits per heavy atom. The zero-order valence-electron chi connectivity index (χ0n) is 9.66. The molecule has 4 heteroatoms. The Kier molecular flexibility index (Phi) is 2.63. The van der Waals surface area contributed by atoms with Crippen LogP contribution in [-0.2, 0) is 9.47 Å². The summed E-state index contributed by atoms with van der Waals surface area (Å²) in [6, 6.07) is 0. The third-order valence-electron chi connectivity index (χ3n) is 3.19. The van der Waals surface area contributed by atoms with Crippen molar-refractivity contribution in [1.82, 2.24) is 4.90 Å². The molecule has 0 aromatic heterocycles. The van der Waals surface area contributed by atoms with E-state index in [9.17, 15) is 4.79 Å². The van der Waals surface area contributed by atoms with Gasteiger partial charge in [0.05, 0.1) is 17.7 Å². The zero-order valence-corrected chi connectivity index (χ0v) is 9.66. The van der Waals surface area contributed by atoms with Gasteiger partial charge in [0.15, 0.2) is 0 Å². The minimum absolute atomic E-state index is 0.144. The average Bonchev–Trinajstić information content (AvgIpc) is 2.41. The zero-order chi connectivity index (χ0) is 11.1. The minimum atomic E-state index is -0.166. The summed E-state index contributed by atoms with van der Waals surface area (Å²) in [5, 5.41) is 0. The maximum atomic E-state index is 11.4. The van der Waals surface area contributed by atoms with Crippen molar-refractivity contribution >= 4 is 6.09 Å². The van der Waals surface area contributed by atoms with Crippen molar-refractivity contribution in [3.63, 3.8) is 0 Å². The van der Waals surface area contributed by atoms with Gasteiger partial charge >= 0.3 is 6.09 Å². The Bertz CT molecular complexity index is 267. The minimum Gasteiger partial charge on any atom is -0.447 e. The van der Waals surface area contributed by atoms with Crippen molar-refractivity contribution < 1.29 is 14.3 Å². The van der Waals surface area contributed by atoms with E-state index in [0.717, 1.165) is 19.4 Å². The van der Waals surface area contributed by atoms with Crippen molar-refractivity contribution in [3.05, 3.63) is 0 Å². The molecule has 86 valence electrons. The van der Waals surface area contributed by atoms with Crippen LogP contribution in [0.1, 0.15) is 33.6 Å². The van der Waals surface area contributed by atoms with E-state index in [1.54, 1.807) is 0 Å². The summed E-state index contributed by atoms with van der Waals surface area (Å²) in [7, 11) is 0. The number of amides is 1. The topological polar surface area (TPSA) is 38.8 Å². The summed E-state index contributed by atoms with van der Waals surface area (Å²) in [6.07, 6.45) is 2.16. The fraction of sp³-hybridized carbons (Fsp3) is 0.909. The van der Waals surface area contributed by atoms with Crippen LogP contribution >= 0.6 is 0 Å². The highest BCUT2D eigenvalue weighted by atomic mass is 16.6. The molecule has 2 unspecified atom stereocenters. The first-order chi connectivity index (χ1) is 7.01. The molecule has 0 saturated carbocycles. The summed E-state index contributed by atoms with van der Waals surface area (Å²) < 4.78 is 10.9. The lowest BCUT2D eigenvalue weighted by atomic mass is 9.88. The van der Waals surface area contributed by atoms with Crippen LogP contribution in [0.3, 0.4) is 0 Å². The first-order valence-electron chi connectivity index (χ1n) is 5.61.